The molecule has 1 heterocycles. The fourth-order valence-electron chi connectivity index (χ4n) is 2.95. The standard InChI is InChI=1S/C21H15NO2/c1-14(23)22-13-16-9-5-11-18-19-12-6-10-17(21(19)24-20(16)18)15-7-3-2-4-8-15/h2-13H,1H3/b22-13+. The summed E-state index contributed by atoms with van der Waals surface area (Å²) in [4.78, 5) is 15.0. The second-order valence-corrected chi connectivity index (χ2v) is 5.65. The predicted molar refractivity (Wildman–Crippen MR) is 97.4 cm³/mol. The Morgan fingerprint density at radius 3 is 2.33 bits per heavy atom. The normalized spacial score (nSPS) is 11.5. The minimum atomic E-state index is -0.229. The maximum atomic E-state index is 11.1. The third kappa shape index (κ3) is 2.40. The topological polar surface area (TPSA) is 42.6 Å². The quantitative estimate of drug-likeness (QED) is 0.476. The van der Waals surface area contributed by atoms with Crippen LogP contribution in [0.25, 0.3) is 33.1 Å². The number of carbonyl (C=O) groups is 1. The molecule has 4 rings (SSSR count). The van der Waals surface area contributed by atoms with Crippen LogP contribution in [0.5, 0.6) is 0 Å². The molecule has 0 atom stereocenters. The molecule has 0 unspecified atom stereocenters. The molecule has 0 N–H and O–H groups in total. The summed E-state index contributed by atoms with van der Waals surface area (Å²) < 4.78 is 6.20. The van der Waals surface area contributed by atoms with Gasteiger partial charge in [0.05, 0.1) is 0 Å². The van der Waals surface area contributed by atoms with Gasteiger partial charge in [-0.1, -0.05) is 60.7 Å². The molecule has 3 aromatic carbocycles. The van der Waals surface area contributed by atoms with Gasteiger partial charge in [-0.05, 0) is 11.6 Å². The fraction of sp³-hybridized carbons (Fsp3) is 0.0476. The zero-order valence-electron chi connectivity index (χ0n) is 13.2. The van der Waals surface area contributed by atoms with E-state index < -0.39 is 0 Å². The molecule has 0 saturated heterocycles. The van der Waals surface area contributed by atoms with E-state index in [2.05, 4.69) is 29.3 Å². The Kier molecular flexibility index (Phi) is 3.47. The first-order valence-electron chi connectivity index (χ1n) is 7.78. The van der Waals surface area contributed by atoms with Crippen molar-refractivity contribution >= 4 is 34.1 Å². The zero-order valence-corrected chi connectivity index (χ0v) is 13.2. The summed E-state index contributed by atoms with van der Waals surface area (Å²) in [6.07, 6.45) is 1.56. The number of benzene rings is 3. The summed E-state index contributed by atoms with van der Waals surface area (Å²) in [5.74, 6) is -0.229. The second kappa shape index (κ2) is 5.78. The number of rotatable bonds is 2. The summed E-state index contributed by atoms with van der Waals surface area (Å²) in [5.41, 5.74) is 4.57. The molecule has 3 heteroatoms. The molecule has 0 bridgehead atoms. The van der Waals surface area contributed by atoms with Gasteiger partial charge in [-0.3, -0.25) is 4.79 Å². The summed E-state index contributed by atoms with van der Waals surface area (Å²) in [6, 6.07) is 22.2. The lowest BCUT2D eigenvalue weighted by atomic mass is 10.0. The Hall–Kier alpha value is -3.20. The highest BCUT2D eigenvalue weighted by Gasteiger charge is 2.13. The van der Waals surface area contributed by atoms with Crippen LogP contribution in [0.3, 0.4) is 0 Å². The van der Waals surface area contributed by atoms with Gasteiger partial charge in [-0.25, -0.2) is 4.99 Å². The average Bonchev–Trinajstić information content (AvgIpc) is 3.00. The number of carbonyl (C=O) groups excluding carboxylic acids is 1. The first-order chi connectivity index (χ1) is 11.7. The summed E-state index contributed by atoms with van der Waals surface area (Å²) in [5, 5.41) is 2.08. The van der Waals surface area contributed by atoms with Crippen molar-refractivity contribution in [2.75, 3.05) is 0 Å². The van der Waals surface area contributed by atoms with Crippen LogP contribution in [0.1, 0.15) is 12.5 Å². The van der Waals surface area contributed by atoms with E-state index in [1.54, 1.807) is 6.21 Å². The SMILES string of the molecule is CC(=O)/N=C/c1cccc2c1oc1c(-c3ccccc3)cccc12. The van der Waals surface area contributed by atoms with Gasteiger partial charge in [-0.2, -0.15) is 0 Å². The Bertz CT molecular complexity index is 1080. The van der Waals surface area contributed by atoms with E-state index in [0.29, 0.717) is 0 Å². The Labute approximate surface area is 139 Å². The van der Waals surface area contributed by atoms with Crippen LogP contribution in [-0.2, 0) is 4.79 Å². The minimum Gasteiger partial charge on any atom is -0.455 e. The lowest BCUT2D eigenvalue weighted by Crippen LogP contribution is -1.87. The maximum absolute atomic E-state index is 11.1. The van der Waals surface area contributed by atoms with Crippen molar-refractivity contribution in [2.24, 2.45) is 4.99 Å². The molecule has 1 amide bonds. The van der Waals surface area contributed by atoms with E-state index in [9.17, 15) is 4.79 Å². The zero-order chi connectivity index (χ0) is 16.5. The van der Waals surface area contributed by atoms with E-state index in [0.717, 1.165) is 38.6 Å². The third-order valence-corrected chi connectivity index (χ3v) is 4.03. The number of fused-ring (bicyclic) bond motifs is 3. The number of furan rings is 1. The predicted octanol–water partition coefficient (Wildman–Crippen LogP) is 5.22. The van der Waals surface area contributed by atoms with Crippen LogP contribution in [-0.4, -0.2) is 12.1 Å². The van der Waals surface area contributed by atoms with Gasteiger partial charge in [0.25, 0.3) is 0 Å². The smallest absolute Gasteiger partial charge is 0.242 e. The number of para-hydroxylation sites is 2. The number of hydrogen-bond acceptors (Lipinski definition) is 2. The van der Waals surface area contributed by atoms with Gasteiger partial charge in [0.15, 0.2) is 0 Å². The maximum Gasteiger partial charge on any atom is 0.242 e. The van der Waals surface area contributed by atoms with Gasteiger partial charge in [0, 0.05) is 35.0 Å². The Morgan fingerprint density at radius 1 is 0.875 bits per heavy atom. The number of hydrogen-bond donors (Lipinski definition) is 0. The van der Waals surface area contributed by atoms with Gasteiger partial charge >= 0.3 is 0 Å². The second-order valence-electron chi connectivity index (χ2n) is 5.65. The summed E-state index contributed by atoms with van der Waals surface area (Å²) in [7, 11) is 0. The van der Waals surface area contributed by atoms with Crippen molar-refractivity contribution in [3.8, 4) is 11.1 Å². The fourth-order valence-corrected chi connectivity index (χ4v) is 2.95. The molecular weight excluding hydrogens is 298 g/mol. The molecule has 0 aliphatic heterocycles. The Morgan fingerprint density at radius 2 is 1.58 bits per heavy atom. The molecule has 0 spiro atoms. The van der Waals surface area contributed by atoms with Crippen molar-refractivity contribution in [1.29, 1.82) is 0 Å². The lowest BCUT2D eigenvalue weighted by Gasteiger charge is -2.01. The highest BCUT2D eigenvalue weighted by Crippen LogP contribution is 2.36. The largest absolute Gasteiger partial charge is 0.455 e. The molecule has 3 nitrogen and oxygen atoms in total. The van der Waals surface area contributed by atoms with Gasteiger partial charge < -0.3 is 4.42 Å². The molecule has 1 aromatic heterocycles. The highest BCUT2D eigenvalue weighted by atomic mass is 16.3. The molecule has 0 radical (unpaired) electrons. The lowest BCUT2D eigenvalue weighted by molar-refractivity contribution is -0.115. The monoisotopic (exact) mass is 313 g/mol. The molecular formula is C21H15NO2. The number of nitrogens with zero attached hydrogens (tertiary/aromatic N) is 1. The van der Waals surface area contributed by atoms with Crippen LogP contribution < -0.4 is 0 Å². The molecule has 0 aliphatic carbocycles. The van der Waals surface area contributed by atoms with Crippen LogP contribution in [0.2, 0.25) is 0 Å². The Balaban J connectivity index is 2.01. The molecule has 0 saturated carbocycles. The third-order valence-electron chi connectivity index (χ3n) is 4.03. The van der Waals surface area contributed by atoms with Crippen molar-refractivity contribution in [3.05, 3.63) is 72.3 Å². The number of amides is 1. The van der Waals surface area contributed by atoms with Crippen molar-refractivity contribution in [2.45, 2.75) is 6.92 Å². The summed E-state index contributed by atoms with van der Waals surface area (Å²) >= 11 is 0. The van der Waals surface area contributed by atoms with Crippen LogP contribution in [0.15, 0.2) is 76.1 Å². The van der Waals surface area contributed by atoms with Crippen molar-refractivity contribution in [1.82, 2.24) is 0 Å². The molecule has 0 fully saturated rings. The number of aliphatic imine (C=N–C) groups is 1. The van der Waals surface area contributed by atoms with E-state index in [4.69, 9.17) is 4.42 Å². The van der Waals surface area contributed by atoms with Crippen LogP contribution in [0, 0.1) is 0 Å². The van der Waals surface area contributed by atoms with Crippen molar-refractivity contribution in [3.63, 3.8) is 0 Å². The molecule has 116 valence electrons. The molecule has 24 heavy (non-hydrogen) atoms. The van der Waals surface area contributed by atoms with Crippen LogP contribution >= 0.6 is 0 Å². The first-order valence-corrected chi connectivity index (χ1v) is 7.78. The van der Waals surface area contributed by atoms with E-state index in [-0.39, 0.29) is 5.91 Å². The van der Waals surface area contributed by atoms with Gasteiger partial charge in [0.1, 0.15) is 11.2 Å². The van der Waals surface area contributed by atoms with E-state index in [1.807, 2.05) is 42.5 Å². The van der Waals surface area contributed by atoms with Gasteiger partial charge in [0.2, 0.25) is 5.91 Å². The van der Waals surface area contributed by atoms with E-state index >= 15 is 0 Å². The first kappa shape index (κ1) is 14.4. The minimum absolute atomic E-state index is 0.229. The summed E-state index contributed by atoms with van der Waals surface area (Å²) in [6.45, 7) is 1.43. The molecule has 4 aromatic rings. The van der Waals surface area contributed by atoms with Crippen molar-refractivity contribution < 1.29 is 9.21 Å². The van der Waals surface area contributed by atoms with E-state index in [1.165, 1.54) is 6.92 Å². The average molecular weight is 313 g/mol. The highest BCUT2D eigenvalue weighted by molar-refractivity contribution is 6.13. The van der Waals surface area contributed by atoms with Gasteiger partial charge in [-0.15, -0.1) is 0 Å². The molecule has 0 aliphatic rings. The van der Waals surface area contributed by atoms with Crippen LogP contribution in [0.4, 0.5) is 0 Å².